The number of aryl methyl sites for hydroxylation is 1. The Hall–Kier alpha value is -2.92. The van der Waals surface area contributed by atoms with Gasteiger partial charge in [-0.05, 0) is 58.4 Å². The molecule has 2 fully saturated rings. The first-order chi connectivity index (χ1) is 20.1. The van der Waals surface area contributed by atoms with Crippen molar-refractivity contribution in [3.8, 4) is 0 Å². The topological polar surface area (TPSA) is 130 Å². The maximum absolute atomic E-state index is 13.8. The molecule has 236 valence electrons. The number of hydrogen-bond donors (Lipinski definition) is 3. The highest BCUT2D eigenvalue weighted by molar-refractivity contribution is 6.34. The van der Waals surface area contributed by atoms with Crippen LogP contribution in [0, 0.1) is 18.8 Å². The first kappa shape index (κ1) is 33.0. The fourth-order valence-electron chi connectivity index (χ4n) is 5.91. The number of epoxide rings is 1. The normalized spacial score (nSPS) is 35.9. The SMILES string of the molecule is CN[C@@H](C)C(=O)O[C@H]1CC(=O)N(C)c2cc(cc(C)c2Cl)C/C(C)=C/C=C/[C@@H](C)[C@@]2(O)C[C@H](OC(=O)N2)[C@@H](C)[C@@H]2O[C@]12C. The third-order valence-corrected chi connectivity index (χ3v) is 9.63. The molecule has 0 unspecified atom stereocenters. The molecule has 3 aliphatic rings. The summed E-state index contributed by atoms with van der Waals surface area (Å²) in [5.41, 5.74) is 0.833. The summed E-state index contributed by atoms with van der Waals surface area (Å²) >= 11 is 6.70. The Morgan fingerprint density at radius 1 is 1.28 bits per heavy atom. The summed E-state index contributed by atoms with van der Waals surface area (Å²) in [5.74, 6) is -1.64. The number of benzene rings is 1. The van der Waals surface area contributed by atoms with Crippen LogP contribution in [0.1, 0.15) is 58.6 Å². The summed E-state index contributed by atoms with van der Waals surface area (Å²) in [4.78, 5) is 40.8. The van der Waals surface area contributed by atoms with E-state index in [9.17, 15) is 19.5 Å². The van der Waals surface area contributed by atoms with Crippen molar-refractivity contribution in [3.05, 3.63) is 52.1 Å². The molecule has 0 aromatic heterocycles. The van der Waals surface area contributed by atoms with Crippen molar-refractivity contribution in [1.29, 1.82) is 0 Å². The molecule has 0 aliphatic carbocycles. The number of alkyl carbamates (subject to hydrolysis) is 1. The fourth-order valence-corrected chi connectivity index (χ4v) is 6.14. The standard InChI is InChI=1S/C32H44ClN3O7/c1-17-10-9-11-19(3)32(40)16-24(41-30(39)35-32)20(4)28-31(6,43-28)25(42-29(38)21(5)34-7)15-26(37)36(8)23-14-22(12-17)13-18(2)27(23)33/h9-11,13-14,19-21,24-25,28,34,40H,12,15-16H2,1-8H3,(H,35,39)/b11-9+,17-10+/t19-,20-,21+,24+,25+,28+,31-,32+/m1/s1. The van der Waals surface area contributed by atoms with Crippen LogP contribution in [0.4, 0.5) is 10.5 Å². The van der Waals surface area contributed by atoms with Gasteiger partial charge in [-0.25, -0.2) is 4.79 Å². The Bertz CT molecular complexity index is 1330. The molecule has 3 heterocycles. The zero-order valence-corrected chi connectivity index (χ0v) is 26.9. The van der Waals surface area contributed by atoms with Gasteiger partial charge in [0.25, 0.3) is 0 Å². The van der Waals surface area contributed by atoms with Crippen LogP contribution in [0.5, 0.6) is 0 Å². The highest BCUT2D eigenvalue weighted by Crippen LogP contribution is 2.49. The Kier molecular flexibility index (Phi) is 9.66. The molecule has 3 aliphatic heterocycles. The van der Waals surface area contributed by atoms with Gasteiger partial charge in [-0.3, -0.25) is 14.9 Å². The first-order valence-corrected chi connectivity index (χ1v) is 15.1. The van der Waals surface area contributed by atoms with Crippen LogP contribution < -0.4 is 15.5 Å². The number of hydrogen-bond acceptors (Lipinski definition) is 8. The number of aliphatic hydroxyl groups is 1. The molecule has 1 aromatic rings. The quantitative estimate of drug-likeness (QED) is 0.340. The van der Waals surface area contributed by atoms with Gasteiger partial charge in [0.05, 0.1) is 23.2 Å². The molecule has 2 saturated heterocycles. The van der Waals surface area contributed by atoms with Crippen molar-refractivity contribution in [3.63, 3.8) is 0 Å². The predicted molar refractivity (Wildman–Crippen MR) is 164 cm³/mol. The average Bonchev–Trinajstić information content (AvgIpc) is 3.64. The molecule has 10 nitrogen and oxygen atoms in total. The van der Waals surface area contributed by atoms with Crippen molar-refractivity contribution in [2.75, 3.05) is 19.0 Å². The Morgan fingerprint density at radius 3 is 2.65 bits per heavy atom. The smallest absolute Gasteiger partial charge is 0.409 e. The van der Waals surface area contributed by atoms with E-state index >= 15 is 0 Å². The molecule has 8 atom stereocenters. The van der Waals surface area contributed by atoms with E-state index in [1.807, 2.05) is 58.1 Å². The van der Waals surface area contributed by atoms with Gasteiger partial charge in [-0.15, -0.1) is 0 Å². The van der Waals surface area contributed by atoms with Gasteiger partial charge in [-0.1, -0.05) is 55.3 Å². The van der Waals surface area contributed by atoms with Crippen molar-refractivity contribution in [2.45, 2.75) is 96.5 Å². The number of likely N-dealkylation sites (N-methyl/N-ethyl adjacent to an activating group) is 1. The summed E-state index contributed by atoms with van der Waals surface area (Å²) in [6, 6.07) is 3.28. The maximum Gasteiger partial charge on any atom is 0.409 e. The second kappa shape index (κ2) is 12.6. The van der Waals surface area contributed by atoms with Gasteiger partial charge in [0, 0.05) is 25.3 Å². The minimum absolute atomic E-state index is 0.122. The van der Waals surface area contributed by atoms with E-state index in [0.29, 0.717) is 17.1 Å². The van der Waals surface area contributed by atoms with E-state index in [4.69, 9.17) is 25.8 Å². The van der Waals surface area contributed by atoms with Crippen molar-refractivity contribution in [2.24, 2.45) is 11.8 Å². The number of esters is 1. The summed E-state index contributed by atoms with van der Waals surface area (Å²) in [5, 5.41) is 17.5. The minimum Gasteiger partial charge on any atom is -0.457 e. The number of carbonyl (C=O) groups is 3. The van der Waals surface area contributed by atoms with Crippen LogP contribution in [0.3, 0.4) is 0 Å². The predicted octanol–water partition coefficient (Wildman–Crippen LogP) is 4.20. The minimum atomic E-state index is -1.55. The molecular formula is C32H44ClN3O7. The van der Waals surface area contributed by atoms with Crippen molar-refractivity contribution >= 4 is 35.3 Å². The maximum atomic E-state index is 13.8. The van der Waals surface area contributed by atoms with Crippen LogP contribution in [-0.2, 0) is 30.2 Å². The number of allylic oxidation sites excluding steroid dienone is 3. The number of anilines is 1. The van der Waals surface area contributed by atoms with Crippen molar-refractivity contribution < 1.29 is 33.7 Å². The highest BCUT2D eigenvalue weighted by atomic mass is 35.5. The van der Waals surface area contributed by atoms with E-state index in [1.165, 1.54) is 4.90 Å². The van der Waals surface area contributed by atoms with E-state index in [1.54, 1.807) is 27.9 Å². The van der Waals surface area contributed by atoms with Crippen LogP contribution in [-0.4, -0.2) is 72.9 Å². The van der Waals surface area contributed by atoms with Crippen molar-refractivity contribution in [1.82, 2.24) is 10.6 Å². The molecule has 0 saturated carbocycles. The van der Waals surface area contributed by atoms with Crippen LogP contribution in [0.25, 0.3) is 0 Å². The number of rotatable bonds is 3. The lowest BCUT2D eigenvalue weighted by atomic mass is 9.82. The molecule has 0 spiro atoms. The number of nitrogens with one attached hydrogen (secondary N) is 2. The second-order valence-corrected chi connectivity index (χ2v) is 12.9. The number of carbonyl (C=O) groups excluding carboxylic acids is 3. The molecule has 4 rings (SSSR count). The lowest BCUT2D eigenvalue weighted by Gasteiger charge is -2.41. The number of halogens is 1. The van der Waals surface area contributed by atoms with Gasteiger partial charge < -0.3 is 29.5 Å². The molecule has 11 heteroatoms. The third-order valence-electron chi connectivity index (χ3n) is 9.13. The molecule has 1 aromatic carbocycles. The molecule has 0 radical (unpaired) electrons. The van der Waals surface area contributed by atoms with Crippen LogP contribution in [0.2, 0.25) is 5.02 Å². The molecule has 43 heavy (non-hydrogen) atoms. The average molecular weight is 618 g/mol. The molecule has 4 bridgehead atoms. The lowest BCUT2D eigenvalue weighted by molar-refractivity contribution is -0.155. The second-order valence-electron chi connectivity index (χ2n) is 12.5. The van der Waals surface area contributed by atoms with E-state index in [2.05, 4.69) is 10.6 Å². The lowest BCUT2D eigenvalue weighted by Crippen LogP contribution is -2.60. The summed E-state index contributed by atoms with van der Waals surface area (Å²) < 4.78 is 17.7. The summed E-state index contributed by atoms with van der Waals surface area (Å²) in [6.45, 7) is 11.1. The Morgan fingerprint density at radius 2 is 1.98 bits per heavy atom. The monoisotopic (exact) mass is 617 g/mol. The van der Waals surface area contributed by atoms with Gasteiger partial charge in [0.1, 0.15) is 29.6 Å². The summed E-state index contributed by atoms with van der Waals surface area (Å²) in [6.07, 6.45) is 3.40. The van der Waals surface area contributed by atoms with E-state index in [-0.39, 0.29) is 24.7 Å². The molecule has 3 N–H and O–H groups in total. The van der Waals surface area contributed by atoms with Gasteiger partial charge >= 0.3 is 12.1 Å². The Balaban J connectivity index is 1.76. The molecular weight excluding hydrogens is 574 g/mol. The number of amides is 2. The highest BCUT2D eigenvalue weighted by Gasteiger charge is 2.64. The largest absolute Gasteiger partial charge is 0.457 e. The molecule has 2 amide bonds. The number of nitrogens with zero attached hydrogens (tertiary/aromatic N) is 1. The third kappa shape index (κ3) is 6.93. The van der Waals surface area contributed by atoms with Crippen LogP contribution >= 0.6 is 11.6 Å². The summed E-state index contributed by atoms with van der Waals surface area (Å²) in [7, 11) is 3.30. The van der Waals surface area contributed by atoms with Gasteiger partial charge in [0.15, 0.2) is 0 Å². The number of ether oxygens (including phenoxy) is 3. The first-order valence-electron chi connectivity index (χ1n) is 14.8. The zero-order valence-electron chi connectivity index (χ0n) is 26.2. The van der Waals surface area contributed by atoms with E-state index < -0.39 is 53.7 Å². The fraction of sp³-hybridized carbons (Fsp3) is 0.594. The van der Waals surface area contributed by atoms with Crippen LogP contribution in [0.15, 0.2) is 35.9 Å². The van der Waals surface area contributed by atoms with E-state index in [0.717, 1.165) is 16.7 Å². The number of fused-ring (bicyclic) bond motifs is 5. The van der Waals surface area contributed by atoms with Gasteiger partial charge in [0.2, 0.25) is 5.91 Å². The zero-order chi connectivity index (χ0) is 31.9. The van der Waals surface area contributed by atoms with Gasteiger partial charge in [-0.2, -0.15) is 0 Å². The Labute approximate surface area is 258 Å².